The number of carbonyl (C=O) groups excluding carboxylic acids is 1. The van der Waals surface area contributed by atoms with Crippen LogP contribution in [-0.2, 0) is 0 Å². The first kappa shape index (κ1) is 30.1. The maximum atomic E-state index is 12.8. The average Bonchev–Trinajstić information content (AvgIpc) is 3.39. The number of nitrogens with one attached hydrogen (secondary N) is 1. The molecule has 2 fully saturated rings. The maximum Gasteiger partial charge on any atom is 0.573 e. The number of anilines is 2. The van der Waals surface area contributed by atoms with Crippen LogP contribution in [0.2, 0.25) is 5.02 Å². The van der Waals surface area contributed by atoms with Crippen molar-refractivity contribution in [1.29, 1.82) is 0 Å². The number of ether oxygens (including phenoxy) is 1. The number of halogens is 4. The maximum absolute atomic E-state index is 12.8. The molecule has 6 rings (SSSR count). The van der Waals surface area contributed by atoms with Crippen molar-refractivity contribution >= 4 is 40.0 Å². The normalized spacial score (nSPS) is 20.1. The van der Waals surface area contributed by atoms with Crippen molar-refractivity contribution in [2.75, 3.05) is 44.3 Å². The van der Waals surface area contributed by atoms with Crippen LogP contribution < -0.4 is 15.8 Å². The minimum Gasteiger partial charge on any atom is -0.406 e. The zero-order chi connectivity index (χ0) is 31.0. The number of amides is 1. The van der Waals surface area contributed by atoms with Crippen molar-refractivity contribution in [3.8, 4) is 17.0 Å². The summed E-state index contributed by atoms with van der Waals surface area (Å²) < 4.78 is 43.2. The first-order chi connectivity index (χ1) is 21.1. The van der Waals surface area contributed by atoms with E-state index in [1.54, 1.807) is 18.2 Å². The summed E-state index contributed by atoms with van der Waals surface area (Å²) in [4.78, 5) is 26.5. The molecule has 14 heteroatoms. The molecule has 3 heterocycles. The highest BCUT2D eigenvalue weighted by molar-refractivity contribution is 6.34. The van der Waals surface area contributed by atoms with E-state index in [9.17, 15) is 18.0 Å². The Kier molecular flexibility index (Phi) is 8.36. The van der Waals surface area contributed by atoms with Gasteiger partial charge in [0.15, 0.2) is 5.65 Å². The van der Waals surface area contributed by atoms with Crippen LogP contribution in [0.4, 0.5) is 24.7 Å². The zero-order valence-corrected chi connectivity index (χ0v) is 24.8. The van der Waals surface area contributed by atoms with Gasteiger partial charge in [-0.25, -0.2) is 14.6 Å². The van der Waals surface area contributed by atoms with Crippen LogP contribution in [0.25, 0.3) is 22.3 Å². The van der Waals surface area contributed by atoms with E-state index in [1.165, 1.54) is 18.5 Å². The third-order valence-electron chi connectivity index (χ3n) is 8.43. The number of rotatable bonds is 6. The molecule has 2 aromatic heterocycles. The molecule has 1 aliphatic heterocycles. The molecule has 0 bridgehead atoms. The number of fused-ring (bicyclic) bond motifs is 1. The van der Waals surface area contributed by atoms with E-state index >= 15 is 0 Å². The minimum atomic E-state index is -4.82. The summed E-state index contributed by atoms with van der Waals surface area (Å²) in [6, 6.07) is 10.4. The first-order valence-electron chi connectivity index (χ1n) is 14.4. The fourth-order valence-corrected chi connectivity index (χ4v) is 6.30. The highest BCUT2D eigenvalue weighted by Crippen LogP contribution is 2.38. The molecule has 1 amide bonds. The molecule has 1 saturated heterocycles. The Bertz CT molecular complexity index is 1650. The molecule has 1 saturated carbocycles. The second-order valence-corrected chi connectivity index (χ2v) is 11.7. The van der Waals surface area contributed by atoms with E-state index in [-0.39, 0.29) is 16.6 Å². The van der Waals surface area contributed by atoms with Gasteiger partial charge >= 0.3 is 6.36 Å². The molecule has 0 unspecified atom stereocenters. The molecule has 10 nitrogen and oxygen atoms in total. The predicted molar refractivity (Wildman–Crippen MR) is 162 cm³/mol. The number of nitrogens with two attached hydrogens (primary N) is 1. The van der Waals surface area contributed by atoms with Gasteiger partial charge in [-0.3, -0.25) is 9.69 Å². The number of likely N-dealkylation sites (N-methyl/N-ethyl adjacent to an activating group) is 1. The Labute approximate surface area is 256 Å². The summed E-state index contributed by atoms with van der Waals surface area (Å²) in [6.07, 6.45) is 0.760. The number of nitrogen functional groups attached to an aromatic ring is 1. The number of benzene rings is 2. The quantitative estimate of drug-likeness (QED) is 0.283. The van der Waals surface area contributed by atoms with Gasteiger partial charge in [0, 0.05) is 43.3 Å². The van der Waals surface area contributed by atoms with Crippen LogP contribution in [0.5, 0.6) is 5.75 Å². The fraction of sp³-hybridized carbons (Fsp3) is 0.400. The van der Waals surface area contributed by atoms with Crippen molar-refractivity contribution in [2.24, 2.45) is 0 Å². The number of aromatic nitrogens is 4. The second-order valence-electron chi connectivity index (χ2n) is 11.3. The van der Waals surface area contributed by atoms with Crippen LogP contribution in [0.15, 0.2) is 48.8 Å². The van der Waals surface area contributed by atoms with Crippen LogP contribution in [-0.4, -0.2) is 81.1 Å². The van der Waals surface area contributed by atoms with Gasteiger partial charge in [-0.2, -0.15) is 5.10 Å². The van der Waals surface area contributed by atoms with Gasteiger partial charge in [0.1, 0.15) is 23.6 Å². The third kappa shape index (κ3) is 6.44. The first-order valence-corrected chi connectivity index (χ1v) is 14.8. The van der Waals surface area contributed by atoms with Gasteiger partial charge < -0.3 is 20.7 Å². The molecule has 44 heavy (non-hydrogen) atoms. The Hall–Kier alpha value is -3.94. The Morgan fingerprint density at radius 1 is 1.00 bits per heavy atom. The third-order valence-corrected chi connectivity index (χ3v) is 8.74. The average molecular weight is 629 g/mol. The number of piperazine rings is 1. The predicted octanol–water partition coefficient (Wildman–Crippen LogP) is 5.61. The number of hydrogen-bond acceptors (Lipinski definition) is 8. The number of carbonyl (C=O) groups is 1. The summed E-state index contributed by atoms with van der Waals surface area (Å²) in [7, 11) is 2.17. The summed E-state index contributed by atoms with van der Waals surface area (Å²) >= 11 is 6.59. The van der Waals surface area contributed by atoms with Gasteiger partial charge in [-0.15, -0.1) is 13.2 Å². The van der Waals surface area contributed by atoms with E-state index in [1.807, 2.05) is 4.68 Å². The van der Waals surface area contributed by atoms with E-state index < -0.39 is 18.0 Å². The molecular formula is C30H32ClF3N8O2. The smallest absolute Gasteiger partial charge is 0.406 e. The topological polar surface area (TPSA) is 114 Å². The van der Waals surface area contributed by atoms with Crippen molar-refractivity contribution in [3.05, 3.63) is 59.4 Å². The molecule has 2 aliphatic rings. The van der Waals surface area contributed by atoms with Crippen molar-refractivity contribution in [1.82, 2.24) is 29.5 Å². The molecular weight excluding hydrogens is 597 g/mol. The molecule has 0 radical (unpaired) electrons. The van der Waals surface area contributed by atoms with Gasteiger partial charge in [0.25, 0.3) is 5.91 Å². The SMILES string of the molecule is CN1CCN(C2CCC(n3nc(-c4ccc(NC(=O)c5ccc(OC(F)(F)F)cc5)c(Cl)c4)c4c(N)ncnc43)CC2)CC1. The summed E-state index contributed by atoms with van der Waals surface area (Å²) in [5.41, 5.74) is 8.74. The number of hydrogen-bond donors (Lipinski definition) is 2. The highest BCUT2D eigenvalue weighted by atomic mass is 35.5. The highest BCUT2D eigenvalue weighted by Gasteiger charge is 2.32. The van der Waals surface area contributed by atoms with Crippen molar-refractivity contribution < 1.29 is 22.7 Å². The Morgan fingerprint density at radius 3 is 2.34 bits per heavy atom. The zero-order valence-electron chi connectivity index (χ0n) is 24.0. The lowest BCUT2D eigenvalue weighted by molar-refractivity contribution is -0.274. The van der Waals surface area contributed by atoms with Gasteiger partial charge in [0.05, 0.1) is 22.1 Å². The van der Waals surface area contributed by atoms with Crippen molar-refractivity contribution in [2.45, 2.75) is 44.1 Å². The fourth-order valence-electron chi connectivity index (χ4n) is 6.07. The van der Waals surface area contributed by atoms with E-state index in [4.69, 9.17) is 22.4 Å². The molecule has 3 N–H and O–H groups in total. The van der Waals surface area contributed by atoms with Crippen LogP contribution in [0.3, 0.4) is 0 Å². The lowest BCUT2D eigenvalue weighted by Crippen LogP contribution is -2.49. The molecule has 2 aromatic carbocycles. The number of nitrogens with zero attached hydrogens (tertiary/aromatic N) is 6. The van der Waals surface area contributed by atoms with Gasteiger partial charge in [-0.1, -0.05) is 17.7 Å². The van der Waals surface area contributed by atoms with Gasteiger partial charge in [-0.05, 0) is 69.1 Å². The van der Waals surface area contributed by atoms with E-state index in [0.29, 0.717) is 39.8 Å². The summed E-state index contributed by atoms with van der Waals surface area (Å²) in [5.74, 6) is -0.652. The lowest BCUT2D eigenvalue weighted by atomic mass is 9.90. The van der Waals surface area contributed by atoms with Crippen LogP contribution in [0.1, 0.15) is 42.1 Å². The van der Waals surface area contributed by atoms with Crippen LogP contribution in [0, 0.1) is 0 Å². The Balaban J connectivity index is 1.19. The van der Waals surface area contributed by atoms with E-state index in [2.05, 4.69) is 36.9 Å². The van der Waals surface area contributed by atoms with Gasteiger partial charge in [0.2, 0.25) is 0 Å². The van der Waals surface area contributed by atoms with Crippen LogP contribution >= 0.6 is 11.6 Å². The molecule has 0 atom stereocenters. The standard InChI is InChI=1S/C30H32ClF3N8O2/c1-40-12-14-41(15-13-40)20-5-7-21(8-6-20)42-28-25(27(35)36-17-37-28)26(39-42)19-4-11-24(23(31)16-19)38-29(43)18-2-9-22(10-3-18)44-30(32,33)34/h2-4,9-11,16-17,20-21H,5-8,12-15H2,1H3,(H,38,43)(H2,35,36,37). The second kappa shape index (κ2) is 12.2. The minimum absolute atomic E-state index is 0.136. The van der Waals surface area contributed by atoms with E-state index in [0.717, 1.165) is 64.0 Å². The molecule has 232 valence electrons. The Morgan fingerprint density at radius 2 is 1.68 bits per heavy atom. The number of alkyl halides is 3. The largest absolute Gasteiger partial charge is 0.573 e. The lowest BCUT2D eigenvalue weighted by Gasteiger charge is -2.41. The molecule has 0 spiro atoms. The summed E-state index contributed by atoms with van der Waals surface area (Å²) in [6.45, 7) is 4.40. The molecule has 4 aromatic rings. The van der Waals surface area contributed by atoms with Crippen molar-refractivity contribution in [3.63, 3.8) is 0 Å². The summed E-state index contributed by atoms with van der Waals surface area (Å²) in [5, 5.41) is 8.57. The molecule has 1 aliphatic carbocycles. The monoisotopic (exact) mass is 628 g/mol.